The van der Waals surface area contributed by atoms with Gasteiger partial charge in [-0.15, -0.1) is 11.3 Å². The standard InChI is InChI=1S/C24H33N3O4S/c1-5-27(23(29)31-24(2,3)4)16-7-9-17(10-8-16)30-21-20-19-15(12-13-28)6-11-18(19)32-22(20)26-14-25-21/h13-17H,5-12H2,1-4H3/t15-,16?,17?/m1/s1. The van der Waals surface area contributed by atoms with Crippen LogP contribution < -0.4 is 4.74 Å². The van der Waals surface area contributed by atoms with Crippen LogP contribution in [0.2, 0.25) is 0 Å². The molecule has 174 valence electrons. The maximum absolute atomic E-state index is 12.6. The van der Waals surface area contributed by atoms with Gasteiger partial charge in [-0.2, -0.15) is 0 Å². The van der Waals surface area contributed by atoms with Gasteiger partial charge >= 0.3 is 6.09 Å². The van der Waals surface area contributed by atoms with Crippen LogP contribution in [0.5, 0.6) is 5.88 Å². The van der Waals surface area contributed by atoms with Crippen LogP contribution in [0.4, 0.5) is 4.79 Å². The van der Waals surface area contributed by atoms with Gasteiger partial charge in [0.05, 0.1) is 5.39 Å². The predicted molar refractivity (Wildman–Crippen MR) is 124 cm³/mol. The van der Waals surface area contributed by atoms with Crippen LogP contribution in [-0.2, 0) is 16.0 Å². The molecule has 7 nitrogen and oxygen atoms in total. The summed E-state index contributed by atoms with van der Waals surface area (Å²) in [5, 5.41) is 1.00. The van der Waals surface area contributed by atoms with Gasteiger partial charge in [-0.25, -0.2) is 14.8 Å². The molecule has 8 heteroatoms. The molecule has 32 heavy (non-hydrogen) atoms. The fourth-order valence-electron chi connectivity index (χ4n) is 4.97. The third kappa shape index (κ3) is 4.75. The van der Waals surface area contributed by atoms with Crippen LogP contribution >= 0.6 is 11.3 Å². The molecule has 0 spiro atoms. The van der Waals surface area contributed by atoms with Crippen molar-refractivity contribution in [1.82, 2.24) is 14.9 Å². The van der Waals surface area contributed by atoms with Crippen LogP contribution in [0.1, 0.15) is 82.6 Å². The Labute approximate surface area is 193 Å². The van der Waals surface area contributed by atoms with E-state index in [0.29, 0.717) is 18.8 Å². The Bertz CT molecular complexity index is 976. The van der Waals surface area contributed by atoms with E-state index in [1.165, 1.54) is 10.4 Å². The van der Waals surface area contributed by atoms with Crippen molar-refractivity contribution in [2.45, 2.75) is 96.3 Å². The molecule has 2 aromatic heterocycles. The second-order valence-electron chi connectivity index (χ2n) is 9.75. The number of rotatable bonds is 6. The highest BCUT2D eigenvalue weighted by atomic mass is 32.1. The largest absolute Gasteiger partial charge is 0.474 e. The monoisotopic (exact) mass is 459 g/mol. The molecule has 2 aliphatic rings. The van der Waals surface area contributed by atoms with Gasteiger partial charge in [0, 0.05) is 23.9 Å². The maximum atomic E-state index is 12.6. The zero-order chi connectivity index (χ0) is 22.9. The van der Waals surface area contributed by atoms with Gasteiger partial charge in [-0.05, 0) is 77.7 Å². The lowest BCUT2D eigenvalue weighted by molar-refractivity contribution is -0.108. The van der Waals surface area contributed by atoms with Gasteiger partial charge in [0.15, 0.2) is 0 Å². The van der Waals surface area contributed by atoms with Crippen LogP contribution in [0.25, 0.3) is 10.2 Å². The highest BCUT2D eigenvalue weighted by Crippen LogP contribution is 2.47. The average Bonchev–Trinajstić information content (AvgIpc) is 3.29. The lowest BCUT2D eigenvalue weighted by Gasteiger charge is -2.37. The zero-order valence-electron chi connectivity index (χ0n) is 19.4. The molecule has 1 fully saturated rings. The van der Waals surface area contributed by atoms with Crippen molar-refractivity contribution < 1.29 is 19.1 Å². The van der Waals surface area contributed by atoms with Crippen molar-refractivity contribution in [2.75, 3.05) is 6.54 Å². The molecule has 2 heterocycles. The maximum Gasteiger partial charge on any atom is 0.410 e. The van der Waals surface area contributed by atoms with Crippen LogP contribution in [0, 0.1) is 0 Å². The molecular formula is C24H33N3O4S. The van der Waals surface area contributed by atoms with E-state index in [-0.39, 0.29) is 24.2 Å². The van der Waals surface area contributed by atoms with Gasteiger partial charge in [0.2, 0.25) is 5.88 Å². The van der Waals surface area contributed by atoms with E-state index in [4.69, 9.17) is 9.47 Å². The van der Waals surface area contributed by atoms with Crippen molar-refractivity contribution in [3.63, 3.8) is 0 Å². The highest BCUT2D eigenvalue weighted by Gasteiger charge is 2.33. The molecule has 0 radical (unpaired) electrons. The fraction of sp³-hybridized carbons (Fsp3) is 0.667. The molecule has 2 aromatic rings. The predicted octanol–water partition coefficient (Wildman–Crippen LogP) is 5.26. The number of fused-ring (bicyclic) bond motifs is 3. The fourth-order valence-corrected chi connectivity index (χ4v) is 6.20. The number of hydrogen-bond acceptors (Lipinski definition) is 7. The summed E-state index contributed by atoms with van der Waals surface area (Å²) in [7, 11) is 0. The third-order valence-electron chi connectivity index (χ3n) is 6.41. The number of hydrogen-bond donors (Lipinski definition) is 0. The van der Waals surface area contributed by atoms with E-state index in [1.807, 2.05) is 32.6 Å². The minimum atomic E-state index is -0.494. The minimum absolute atomic E-state index is 0.0585. The van der Waals surface area contributed by atoms with Gasteiger partial charge in [-0.3, -0.25) is 0 Å². The second-order valence-corrected chi connectivity index (χ2v) is 10.8. The molecule has 0 bridgehead atoms. The molecule has 0 aromatic carbocycles. The lowest BCUT2D eigenvalue weighted by atomic mass is 9.92. The smallest absolute Gasteiger partial charge is 0.410 e. The lowest BCUT2D eigenvalue weighted by Crippen LogP contribution is -2.45. The number of amides is 1. The summed E-state index contributed by atoms with van der Waals surface area (Å²) < 4.78 is 12.0. The van der Waals surface area contributed by atoms with Crippen molar-refractivity contribution in [2.24, 2.45) is 0 Å². The van der Waals surface area contributed by atoms with Crippen molar-refractivity contribution in [3.05, 3.63) is 16.8 Å². The molecule has 0 saturated heterocycles. The number of thiophene rings is 1. The summed E-state index contributed by atoms with van der Waals surface area (Å²) >= 11 is 1.70. The molecular weight excluding hydrogens is 426 g/mol. The summed E-state index contributed by atoms with van der Waals surface area (Å²) in [4.78, 5) is 36.8. The molecule has 4 rings (SSSR count). The summed E-state index contributed by atoms with van der Waals surface area (Å²) in [6.07, 6.45) is 8.42. The summed E-state index contributed by atoms with van der Waals surface area (Å²) in [6.45, 7) is 8.32. The van der Waals surface area contributed by atoms with E-state index in [1.54, 1.807) is 17.7 Å². The van der Waals surface area contributed by atoms with Gasteiger partial charge < -0.3 is 19.2 Å². The number of carbonyl (C=O) groups is 2. The quantitative estimate of drug-likeness (QED) is 0.548. The van der Waals surface area contributed by atoms with Crippen molar-refractivity contribution in [3.8, 4) is 5.88 Å². The number of nitrogens with zero attached hydrogens (tertiary/aromatic N) is 3. The Morgan fingerprint density at radius 1 is 1.22 bits per heavy atom. The Kier molecular flexibility index (Phi) is 6.70. The van der Waals surface area contributed by atoms with E-state index in [2.05, 4.69) is 9.97 Å². The van der Waals surface area contributed by atoms with Crippen molar-refractivity contribution in [1.29, 1.82) is 0 Å². The summed E-state index contributed by atoms with van der Waals surface area (Å²) in [5.41, 5.74) is 0.731. The topological polar surface area (TPSA) is 81.6 Å². The van der Waals surface area contributed by atoms with Crippen LogP contribution in [0.3, 0.4) is 0 Å². The number of aldehydes is 1. The Morgan fingerprint density at radius 2 is 1.97 bits per heavy atom. The Hall–Kier alpha value is -2.22. The third-order valence-corrected chi connectivity index (χ3v) is 7.58. The first-order valence-corrected chi connectivity index (χ1v) is 12.5. The molecule has 1 atom stereocenters. The zero-order valence-corrected chi connectivity index (χ0v) is 20.2. The van der Waals surface area contributed by atoms with Gasteiger partial charge in [0.1, 0.15) is 29.1 Å². The first-order chi connectivity index (χ1) is 15.3. The molecule has 1 amide bonds. The van der Waals surface area contributed by atoms with Crippen LogP contribution in [0.15, 0.2) is 6.33 Å². The molecule has 0 N–H and O–H groups in total. The van der Waals surface area contributed by atoms with Gasteiger partial charge in [0.25, 0.3) is 0 Å². The SMILES string of the molecule is CCN(C(=O)OC(C)(C)C)C1CCC(Oc2ncnc3sc4c(c23)[C@@H](CC=O)CC4)CC1. The molecule has 2 aliphatic carbocycles. The Morgan fingerprint density at radius 3 is 2.62 bits per heavy atom. The number of carbonyl (C=O) groups excluding carboxylic acids is 2. The average molecular weight is 460 g/mol. The Balaban J connectivity index is 1.45. The number of aromatic nitrogens is 2. The first kappa shape index (κ1) is 23.0. The van der Waals surface area contributed by atoms with Crippen LogP contribution in [-0.4, -0.2) is 51.5 Å². The summed E-state index contributed by atoms with van der Waals surface area (Å²) in [5.74, 6) is 0.889. The van der Waals surface area contributed by atoms with E-state index in [0.717, 1.165) is 55.0 Å². The molecule has 1 saturated carbocycles. The highest BCUT2D eigenvalue weighted by molar-refractivity contribution is 7.19. The second kappa shape index (κ2) is 9.33. The van der Waals surface area contributed by atoms with E-state index < -0.39 is 5.60 Å². The number of aryl methyl sites for hydroxylation is 1. The van der Waals surface area contributed by atoms with Gasteiger partial charge in [-0.1, -0.05) is 0 Å². The summed E-state index contributed by atoms with van der Waals surface area (Å²) in [6, 6.07) is 0.169. The van der Waals surface area contributed by atoms with Crippen molar-refractivity contribution >= 4 is 33.9 Å². The van der Waals surface area contributed by atoms with E-state index >= 15 is 0 Å². The number of ether oxygens (including phenoxy) is 2. The van der Waals surface area contributed by atoms with E-state index in [9.17, 15) is 9.59 Å². The normalized spacial score (nSPS) is 23.1. The minimum Gasteiger partial charge on any atom is -0.474 e. The molecule has 0 aliphatic heterocycles. The first-order valence-electron chi connectivity index (χ1n) is 11.7. The molecule has 0 unspecified atom stereocenters.